The zero-order valence-electron chi connectivity index (χ0n) is 10.00. The Kier molecular flexibility index (Phi) is 3.52. The van der Waals surface area contributed by atoms with Gasteiger partial charge in [0.05, 0.1) is 0 Å². The lowest BCUT2D eigenvalue weighted by molar-refractivity contribution is 0.705. The number of nitrogens with zero attached hydrogens (tertiary/aromatic N) is 1. The monoisotopic (exact) mass is 293 g/mol. The van der Waals surface area contributed by atoms with Crippen molar-refractivity contribution in [3.8, 4) is 11.1 Å². The average Bonchev–Trinajstić information content (AvgIpc) is 2.71. The number of nitrogen functional groups attached to an aromatic ring is 1. The number of aromatic nitrogens is 2. The van der Waals surface area contributed by atoms with Crippen LogP contribution >= 0.6 is 15.9 Å². The standard InChI is InChI=1S/C13H16BrN3/c1-3-8(2)12-11(13(15)17-16-12)9-6-4-5-7-10(9)14/h4-8H,3H2,1-2H3,(H3,15,16,17). The Bertz CT molecular complexity index is 519. The van der Waals surface area contributed by atoms with E-state index in [9.17, 15) is 0 Å². The lowest BCUT2D eigenvalue weighted by Gasteiger charge is -2.11. The summed E-state index contributed by atoms with van der Waals surface area (Å²) in [6.45, 7) is 4.33. The fraction of sp³-hybridized carbons (Fsp3) is 0.308. The van der Waals surface area contributed by atoms with Crippen molar-refractivity contribution in [1.82, 2.24) is 10.2 Å². The predicted octanol–water partition coefficient (Wildman–Crippen LogP) is 3.93. The van der Waals surface area contributed by atoms with Crippen LogP contribution in [-0.2, 0) is 0 Å². The molecule has 0 bridgehead atoms. The van der Waals surface area contributed by atoms with Crippen molar-refractivity contribution in [2.24, 2.45) is 0 Å². The molecule has 90 valence electrons. The highest BCUT2D eigenvalue weighted by molar-refractivity contribution is 9.10. The largest absolute Gasteiger partial charge is 0.382 e. The Hall–Kier alpha value is -1.29. The number of hydrogen-bond donors (Lipinski definition) is 2. The lowest BCUT2D eigenvalue weighted by atomic mass is 9.96. The van der Waals surface area contributed by atoms with Gasteiger partial charge in [0.2, 0.25) is 0 Å². The van der Waals surface area contributed by atoms with Crippen molar-refractivity contribution in [3.05, 3.63) is 34.4 Å². The number of hydrogen-bond acceptors (Lipinski definition) is 2. The van der Waals surface area contributed by atoms with Gasteiger partial charge in [-0.2, -0.15) is 5.10 Å². The van der Waals surface area contributed by atoms with Crippen LogP contribution in [0.15, 0.2) is 28.7 Å². The molecule has 1 aromatic heterocycles. The number of halogens is 1. The molecule has 0 aliphatic rings. The van der Waals surface area contributed by atoms with Gasteiger partial charge >= 0.3 is 0 Å². The molecule has 3 N–H and O–H groups in total. The van der Waals surface area contributed by atoms with Crippen molar-refractivity contribution < 1.29 is 0 Å². The van der Waals surface area contributed by atoms with Crippen LogP contribution < -0.4 is 5.73 Å². The molecule has 0 spiro atoms. The van der Waals surface area contributed by atoms with Crippen LogP contribution in [0.3, 0.4) is 0 Å². The highest BCUT2D eigenvalue weighted by Gasteiger charge is 2.18. The van der Waals surface area contributed by atoms with E-state index in [0.717, 1.165) is 27.7 Å². The van der Waals surface area contributed by atoms with Gasteiger partial charge < -0.3 is 5.73 Å². The summed E-state index contributed by atoms with van der Waals surface area (Å²) in [5.41, 5.74) is 9.19. The second kappa shape index (κ2) is 4.92. The molecule has 0 saturated carbocycles. The van der Waals surface area contributed by atoms with Crippen molar-refractivity contribution in [3.63, 3.8) is 0 Å². The minimum absolute atomic E-state index is 0.418. The zero-order valence-corrected chi connectivity index (χ0v) is 11.6. The Morgan fingerprint density at radius 2 is 2.12 bits per heavy atom. The number of benzene rings is 1. The minimum atomic E-state index is 0.418. The van der Waals surface area contributed by atoms with Crippen LogP contribution in [0.1, 0.15) is 31.9 Å². The number of anilines is 1. The molecule has 0 aliphatic heterocycles. The molecule has 2 rings (SSSR count). The van der Waals surface area contributed by atoms with Gasteiger partial charge in [-0.15, -0.1) is 0 Å². The summed E-state index contributed by atoms with van der Waals surface area (Å²) in [4.78, 5) is 0. The number of H-pyrrole nitrogens is 1. The average molecular weight is 294 g/mol. The van der Waals surface area contributed by atoms with E-state index in [1.54, 1.807) is 0 Å². The highest BCUT2D eigenvalue weighted by atomic mass is 79.9. The molecule has 0 saturated heterocycles. The molecule has 1 atom stereocenters. The molecule has 0 amide bonds. The maximum absolute atomic E-state index is 5.97. The first kappa shape index (κ1) is 12.2. The van der Waals surface area contributed by atoms with Crippen molar-refractivity contribution >= 4 is 21.7 Å². The second-order valence-electron chi connectivity index (χ2n) is 4.19. The van der Waals surface area contributed by atoms with Crippen LogP contribution in [0.2, 0.25) is 0 Å². The summed E-state index contributed by atoms with van der Waals surface area (Å²) in [5, 5.41) is 7.19. The molecule has 0 fully saturated rings. The molecule has 4 heteroatoms. The molecule has 1 unspecified atom stereocenters. The maximum Gasteiger partial charge on any atom is 0.153 e. The fourth-order valence-corrected chi connectivity index (χ4v) is 2.36. The molecule has 0 radical (unpaired) electrons. The number of aromatic amines is 1. The summed E-state index contributed by atoms with van der Waals surface area (Å²) in [6, 6.07) is 8.07. The van der Waals surface area contributed by atoms with Crippen molar-refractivity contribution in [2.75, 3.05) is 5.73 Å². The van der Waals surface area contributed by atoms with Crippen LogP contribution in [0, 0.1) is 0 Å². The van der Waals surface area contributed by atoms with Gasteiger partial charge in [-0.1, -0.05) is 48.0 Å². The lowest BCUT2D eigenvalue weighted by Crippen LogP contribution is -1.96. The summed E-state index contributed by atoms with van der Waals surface area (Å²) in [5.74, 6) is 0.981. The first-order valence-corrected chi connectivity index (χ1v) is 6.53. The van der Waals surface area contributed by atoms with Crippen LogP contribution in [0.4, 0.5) is 5.82 Å². The molecule has 3 nitrogen and oxygen atoms in total. The van der Waals surface area contributed by atoms with Gasteiger partial charge in [0.1, 0.15) is 0 Å². The highest BCUT2D eigenvalue weighted by Crippen LogP contribution is 2.37. The Morgan fingerprint density at radius 3 is 2.76 bits per heavy atom. The smallest absolute Gasteiger partial charge is 0.153 e. The van der Waals surface area contributed by atoms with E-state index in [1.807, 2.05) is 18.2 Å². The van der Waals surface area contributed by atoms with E-state index >= 15 is 0 Å². The number of rotatable bonds is 3. The topological polar surface area (TPSA) is 54.7 Å². The molecule has 1 heterocycles. The van der Waals surface area contributed by atoms with E-state index < -0.39 is 0 Å². The summed E-state index contributed by atoms with van der Waals surface area (Å²) in [6.07, 6.45) is 1.05. The zero-order chi connectivity index (χ0) is 12.4. The molecule has 2 aromatic rings. The third-order valence-electron chi connectivity index (χ3n) is 3.07. The van der Waals surface area contributed by atoms with Gasteiger partial charge in [-0.3, -0.25) is 5.10 Å². The minimum Gasteiger partial charge on any atom is -0.382 e. The SMILES string of the molecule is CCC(C)c1[nH]nc(N)c1-c1ccccc1Br. The van der Waals surface area contributed by atoms with Gasteiger partial charge in [0.15, 0.2) is 5.82 Å². The first-order valence-electron chi connectivity index (χ1n) is 5.73. The number of nitrogens with one attached hydrogen (secondary N) is 1. The molecule has 0 aliphatic carbocycles. The van der Waals surface area contributed by atoms with Crippen molar-refractivity contribution in [1.29, 1.82) is 0 Å². The fourth-order valence-electron chi connectivity index (χ4n) is 1.88. The van der Waals surface area contributed by atoms with Gasteiger partial charge in [-0.05, 0) is 18.4 Å². The molecular weight excluding hydrogens is 278 g/mol. The van der Waals surface area contributed by atoms with E-state index in [4.69, 9.17) is 5.73 Å². The van der Waals surface area contributed by atoms with Crippen LogP contribution in [0.5, 0.6) is 0 Å². The third-order valence-corrected chi connectivity index (χ3v) is 3.76. The predicted molar refractivity (Wildman–Crippen MR) is 74.8 cm³/mol. The third kappa shape index (κ3) is 2.22. The van der Waals surface area contributed by atoms with Crippen LogP contribution in [-0.4, -0.2) is 10.2 Å². The maximum atomic E-state index is 5.97. The van der Waals surface area contributed by atoms with E-state index in [-0.39, 0.29) is 0 Å². The van der Waals surface area contributed by atoms with Crippen LogP contribution in [0.25, 0.3) is 11.1 Å². The van der Waals surface area contributed by atoms with Gasteiger partial charge in [-0.25, -0.2) is 0 Å². The number of nitrogens with two attached hydrogens (primary N) is 1. The Morgan fingerprint density at radius 1 is 1.41 bits per heavy atom. The van der Waals surface area contributed by atoms with Crippen molar-refractivity contribution in [2.45, 2.75) is 26.2 Å². The quantitative estimate of drug-likeness (QED) is 0.901. The summed E-state index contributed by atoms with van der Waals surface area (Å²) in [7, 11) is 0. The van der Waals surface area contributed by atoms with Gasteiger partial charge in [0.25, 0.3) is 0 Å². The first-order chi connectivity index (χ1) is 8.15. The van der Waals surface area contributed by atoms with E-state index in [2.05, 4.69) is 46.0 Å². The second-order valence-corrected chi connectivity index (χ2v) is 5.04. The molecule has 1 aromatic carbocycles. The summed E-state index contributed by atoms with van der Waals surface area (Å²) < 4.78 is 1.04. The molecular formula is C13H16BrN3. The van der Waals surface area contributed by atoms with Gasteiger partial charge in [0, 0.05) is 21.3 Å². The summed E-state index contributed by atoms with van der Waals surface area (Å²) >= 11 is 3.56. The Labute approximate surface area is 110 Å². The normalized spacial score (nSPS) is 12.6. The Balaban J connectivity index is 2.59. The van der Waals surface area contributed by atoms with E-state index in [1.165, 1.54) is 0 Å². The van der Waals surface area contributed by atoms with E-state index in [0.29, 0.717) is 11.7 Å². The molecule has 17 heavy (non-hydrogen) atoms.